The van der Waals surface area contributed by atoms with Crippen LogP contribution in [0.3, 0.4) is 0 Å². The van der Waals surface area contributed by atoms with Gasteiger partial charge < -0.3 is 4.43 Å². The molecular weight excluding hydrogens is 250 g/mol. The second kappa shape index (κ2) is 6.48. The van der Waals surface area contributed by atoms with E-state index in [1.54, 1.807) is 6.20 Å². The Bertz CT molecular complexity index is 418. The predicted molar refractivity (Wildman–Crippen MR) is 85.7 cm³/mol. The summed E-state index contributed by atoms with van der Waals surface area (Å²) in [4.78, 5) is 4.12. The van der Waals surface area contributed by atoms with E-state index in [1.807, 2.05) is 12.3 Å². The zero-order valence-electron chi connectivity index (χ0n) is 13.2. The highest BCUT2D eigenvalue weighted by molar-refractivity contribution is 6.74. The monoisotopic (exact) mass is 277 g/mol. The summed E-state index contributed by atoms with van der Waals surface area (Å²) in [5.41, 5.74) is 2.50. The van der Waals surface area contributed by atoms with Crippen LogP contribution in [-0.4, -0.2) is 19.9 Å². The van der Waals surface area contributed by atoms with Crippen LogP contribution in [0.4, 0.5) is 0 Å². The van der Waals surface area contributed by atoms with Gasteiger partial charge in [0.15, 0.2) is 8.32 Å². The first-order chi connectivity index (χ1) is 8.72. The molecule has 1 aromatic heterocycles. The smallest absolute Gasteiger partial charge is 0.191 e. The lowest BCUT2D eigenvalue weighted by molar-refractivity contribution is 0.292. The Morgan fingerprint density at radius 1 is 1.37 bits per heavy atom. The van der Waals surface area contributed by atoms with E-state index in [9.17, 15) is 0 Å². The van der Waals surface area contributed by atoms with Crippen LogP contribution in [0.2, 0.25) is 18.1 Å². The van der Waals surface area contributed by atoms with E-state index in [0.717, 1.165) is 18.6 Å². The lowest BCUT2D eigenvalue weighted by atomic mass is 10.1. The molecule has 2 nitrogen and oxygen atoms in total. The summed E-state index contributed by atoms with van der Waals surface area (Å²) in [7, 11) is -1.60. The van der Waals surface area contributed by atoms with Crippen LogP contribution in [0.25, 0.3) is 6.08 Å². The van der Waals surface area contributed by atoms with E-state index in [-0.39, 0.29) is 5.04 Å². The summed E-state index contributed by atoms with van der Waals surface area (Å²) >= 11 is 0. The Morgan fingerprint density at radius 2 is 2.05 bits per heavy atom. The molecule has 3 heteroatoms. The molecule has 1 heterocycles. The molecule has 0 aliphatic rings. The highest BCUT2D eigenvalue weighted by atomic mass is 28.4. The molecule has 1 rings (SSSR count). The fourth-order valence-electron chi connectivity index (χ4n) is 1.50. The maximum absolute atomic E-state index is 6.18. The highest BCUT2D eigenvalue weighted by Crippen LogP contribution is 2.36. The van der Waals surface area contributed by atoms with E-state index in [1.165, 1.54) is 5.57 Å². The van der Waals surface area contributed by atoms with Gasteiger partial charge >= 0.3 is 0 Å². The van der Waals surface area contributed by atoms with Crippen molar-refractivity contribution in [2.24, 2.45) is 0 Å². The van der Waals surface area contributed by atoms with Crippen LogP contribution in [-0.2, 0) is 4.43 Å². The van der Waals surface area contributed by atoms with Gasteiger partial charge in [-0.3, -0.25) is 4.98 Å². The minimum Gasteiger partial charge on any atom is -0.417 e. The van der Waals surface area contributed by atoms with Crippen molar-refractivity contribution < 1.29 is 4.43 Å². The molecule has 19 heavy (non-hydrogen) atoms. The average Bonchev–Trinajstić information content (AvgIpc) is 2.28. The second-order valence-corrected chi connectivity index (χ2v) is 11.4. The summed E-state index contributed by atoms with van der Waals surface area (Å²) in [5, 5.41) is 0.286. The number of hydrogen-bond donors (Lipinski definition) is 0. The number of pyridine rings is 1. The summed E-state index contributed by atoms with van der Waals surface area (Å²) in [6, 6.07) is 4.04. The molecule has 0 bridgehead atoms. The van der Waals surface area contributed by atoms with Crippen molar-refractivity contribution in [1.29, 1.82) is 0 Å². The minimum absolute atomic E-state index is 0.286. The standard InChI is InChI=1S/C16H27NOSi/c1-14(12-15-8-7-10-17-13-15)9-11-18-19(5,6)16(2,3)4/h7-8,10,12-13H,9,11H2,1-6H3/b14-12+. The Hall–Kier alpha value is -0.933. The van der Waals surface area contributed by atoms with Gasteiger partial charge in [-0.05, 0) is 43.1 Å². The van der Waals surface area contributed by atoms with Crippen LogP contribution >= 0.6 is 0 Å². The maximum atomic E-state index is 6.18. The molecule has 1 aromatic rings. The summed E-state index contributed by atoms with van der Waals surface area (Å²) in [5.74, 6) is 0. The van der Waals surface area contributed by atoms with Crippen LogP contribution in [0.15, 0.2) is 30.1 Å². The van der Waals surface area contributed by atoms with Crippen molar-refractivity contribution in [3.63, 3.8) is 0 Å². The van der Waals surface area contributed by atoms with E-state index in [4.69, 9.17) is 4.43 Å². The van der Waals surface area contributed by atoms with Gasteiger partial charge in [0, 0.05) is 19.0 Å². The third-order valence-electron chi connectivity index (χ3n) is 3.86. The fraction of sp³-hybridized carbons (Fsp3) is 0.562. The zero-order chi connectivity index (χ0) is 14.5. The molecule has 0 fully saturated rings. The molecule has 0 saturated carbocycles. The number of aromatic nitrogens is 1. The topological polar surface area (TPSA) is 22.1 Å². The summed E-state index contributed by atoms with van der Waals surface area (Å²) in [6.07, 6.45) is 6.86. The van der Waals surface area contributed by atoms with Crippen LogP contribution in [0.5, 0.6) is 0 Å². The third-order valence-corrected chi connectivity index (χ3v) is 8.40. The molecule has 0 saturated heterocycles. The first-order valence-corrected chi connectivity index (χ1v) is 9.84. The fourth-order valence-corrected chi connectivity index (χ4v) is 2.55. The minimum atomic E-state index is -1.60. The van der Waals surface area contributed by atoms with Gasteiger partial charge in [0.25, 0.3) is 0 Å². The van der Waals surface area contributed by atoms with Gasteiger partial charge in [-0.1, -0.05) is 38.5 Å². The van der Waals surface area contributed by atoms with Crippen LogP contribution in [0.1, 0.15) is 39.7 Å². The summed E-state index contributed by atoms with van der Waals surface area (Å²) in [6.45, 7) is 14.4. The first kappa shape index (κ1) is 16.1. The van der Waals surface area contributed by atoms with E-state index in [0.29, 0.717) is 0 Å². The van der Waals surface area contributed by atoms with Crippen molar-refractivity contribution in [2.75, 3.05) is 6.61 Å². The molecule has 0 spiro atoms. The normalized spacial score (nSPS) is 13.7. The zero-order valence-corrected chi connectivity index (χ0v) is 14.2. The molecule has 106 valence electrons. The van der Waals surface area contributed by atoms with Gasteiger partial charge in [-0.15, -0.1) is 0 Å². The Kier molecular flexibility index (Phi) is 5.50. The van der Waals surface area contributed by atoms with Crippen molar-refractivity contribution >= 4 is 14.4 Å². The average molecular weight is 277 g/mol. The molecule has 0 aliphatic heterocycles. The largest absolute Gasteiger partial charge is 0.417 e. The van der Waals surface area contributed by atoms with E-state index < -0.39 is 8.32 Å². The van der Waals surface area contributed by atoms with Gasteiger partial charge in [0.05, 0.1) is 0 Å². The lowest BCUT2D eigenvalue weighted by Gasteiger charge is -2.36. The van der Waals surface area contributed by atoms with Gasteiger partial charge in [0.1, 0.15) is 0 Å². The van der Waals surface area contributed by atoms with Crippen molar-refractivity contribution in [1.82, 2.24) is 4.98 Å². The molecule has 0 atom stereocenters. The Morgan fingerprint density at radius 3 is 2.58 bits per heavy atom. The molecule has 0 aromatic carbocycles. The molecule has 0 aliphatic carbocycles. The third kappa shape index (κ3) is 5.29. The Labute approximate surface area is 119 Å². The van der Waals surface area contributed by atoms with E-state index >= 15 is 0 Å². The molecule has 0 radical (unpaired) electrons. The van der Waals surface area contributed by atoms with Gasteiger partial charge in [-0.2, -0.15) is 0 Å². The van der Waals surface area contributed by atoms with E-state index in [2.05, 4.69) is 57.9 Å². The second-order valence-electron chi connectivity index (χ2n) is 6.64. The van der Waals surface area contributed by atoms with Crippen molar-refractivity contribution in [3.8, 4) is 0 Å². The lowest BCUT2D eigenvalue weighted by Crippen LogP contribution is -2.40. The van der Waals surface area contributed by atoms with Crippen LogP contribution in [0, 0.1) is 0 Å². The number of rotatable bonds is 5. The SMILES string of the molecule is C/C(=C\c1cccnc1)CCO[Si](C)(C)C(C)(C)C. The van der Waals surface area contributed by atoms with Crippen LogP contribution < -0.4 is 0 Å². The Balaban J connectivity index is 2.48. The molecular formula is C16H27NOSi. The molecule has 0 amide bonds. The predicted octanol–water partition coefficient (Wildman–Crippen LogP) is 4.90. The number of nitrogens with zero attached hydrogens (tertiary/aromatic N) is 1. The summed E-state index contributed by atoms with van der Waals surface area (Å²) < 4.78 is 6.18. The molecule has 0 unspecified atom stereocenters. The van der Waals surface area contributed by atoms with Gasteiger partial charge in [0.2, 0.25) is 0 Å². The number of hydrogen-bond acceptors (Lipinski definition) is 2. The molecule has 0 N–H and O–H groups in total. The highest BCUT2D eigenvalue weighted by Gasteiger charge is 2.36. The quantitative estimate of drug-likeness (QED) is 0.714. The maximum Gasteiger partial charge on any atom is 0.191 e. The van der Waals surface area contributed by atoms with Gasteiger partial charge in [-0.25, -0.2) is 0 Å². The first-order valence-electron chi connectivity index (χ1n) is 6.93. The van der Waals surface area contributed by atoms with Crippen molar-refractivity contribution in [2.45, 2.75) is 52.2 Å². The van der Waals surface area contributed by atoms with Crippen molar-refractivity contribution in [3.05, 3.63) is 35.7 Å².